The maximum atomic E-state index is 14.0. The predicted octanol–water partition coefficient (Wildman–Crippen LogP) is 5.92. The fourth-order valence-corrected chi connectivity index (χ4v) is 11.1. The number of thioether (sulfide) groups is 1. The number of nitro benzene ring substituents is 1. The van der Waals surface area contributed by atoms with Crippen LogP contribution in [0.4, 0.5) is 11.4 Å². The van der Waals surface area contributed by atoms with Crippen LogP contribution in [0.1, 0.15) is 33.9 Å². The molecule has 8 rings (SSSR count). The van der Waals surface area contributed by atoms with Crippen molar-refractivity contribution < 1.29 is 24.0 Å². The number of carbonyl (C=O) groups is 2. The number of aromatic nitrogens is 1. The fraction of sp³-hybridized carbons (Fsp3) is 0.324. The Morgan fingerprint density at radius 1 is 0.957 bits per heavy atom. The summed E-state index contributed by atoms with van der Waals surface area (Å²) >= 11 is 2.83. The molecule has 1 aromatic heterocycles. The second-order valence-electron chi connectivity index (χ2n) is 12.4. The molecule has 10 nitrogen and oxygen atoms in total. The van der Waals surface area contributed by atoms with E-state index in [2.05, 4.69) is 4.98 Å². The van der Waals surface area contributed by atoms with Crippen molar-refractivity contribution >= 4 is 46.3 Å². The lowest BCUT2D eigenvalue weighted by Gasteiger charge is -2.43. The van der Waals surface area contributed by atoms with E-state index < -0.39 is 16.8 Å². The molecule has 2 amide bonds. The summed E-state index contributed by atoms with van der Waals surface area (Å²) in [4.78, 5) is 56.3. The SMILES string of the molecule is COc1cc(C2c3sc(=O)[nH]c3SC3C2[C@H]2C[C@@H]3C3C(=O)N(c4ccc([N+](=O)[O-])cc4)C(=O)C32)ccc1OCc1ccc(C)cc1. The first-order valence-corrected chi connectivity index (χ1v) is 16.8. The maximum Gasteiger partial charge on any atom is 0.305 e. The van der Waals surface area contributed by atoms with Gasteiger partial charge in [-0.3, -0.25) is 29.4 Å². The van der Waals surface area contributed by atoms with Crippen LogP contribution in [0.25, 0.3) is 0 Å². The predicted molar refractivity (Wildman–Crippen MR) is 173 cm³/mol. The molecule has 3 fully saturated rings. The Balaban J connectivity index is 1.13. The van der Waals surface area contributed by atoms with Gasteiger partial charge in [0.05, 0.1) is 34.6 Å². The minimum atomic E-state index is -0.505. The number of anilines is 1. The number of benzene rings is 3. The molecule has 4 aliphatic rings. The smallest absolute Gasteiger partial charge is 0.305 e. The van der Waals surface area contributed by atoms with Crippen molar-refractivity contribution in [2.45, 2.75) is 36.1 Å². The molecule has 2 bridgehead atoms. The minimum absolute atomic E-state index is 0.0211. The third-order valence-corrected chi connectivity index (χ3v) is 12.7. The van der Waals surface area contributed by atoms with Crippen LogP contribution in [0.5, 0.6) is 11.5 Å². The van der Waals surface area contributed by atoms with Crippen molar-refractivity contribution in [1.29, 1.82) is 0 Å². The third-order valence-electron chi connectivity index (χ3n) is 10.1. The van der Waals surface area contributed by atoms with Gasteiger partial charge in [0.25, 0.3) is 5.69 Å². The molecule has 5 unspecified atom stereocenters. The molecular formula is C34H29N3O7S2. The number of nitro groups is 1. The number of hydrogen-bond acceptors (Lipinski definition) is 9. The molecule has 2 saturated carbocycles. The van der Waals surface area contributed by atoms with Gasteiger partial charge < -0.3 is 14.5 Å². The Hall–Kier alpha value is -4.42. The number of amides is 2. The number of nitrogens with zero attached hydrogens (tertiary/aromatic N) is 2. The van der Waals surface area contributed by atoms with Gasteiger partial charge in [0.15, 0.2) is 11.5 Å². The molecule has 0 radical (unpaired) electrons. The van der Waals surface area contributed by atoms with E-state index in [0.29, 0.717) is 23.8 Å². The Labute approximate surface area is 271 Å². The zero-order valence-corrected chi connectivity index (χ0v) is 26.5. The van der Waals surface area contributed by atoms with Crippen molar-refractivity contribution in [3.8, 4) is 11.5 Å². The zero-order valence-electron chi connectivity index (χ0n) is 24.9. The first kappa shape index (κ1) is 29.0. The van der Waals surface area contributed by atoms with Crippen molar-refractivity contribution in [3.05, 3.63) is 108 Å². The Morgan fingerprint density at radius 2 is 1.67 bits per heavy atom. The van der Waals surface area contributed by atoms with Crippen molar-refractivity contribution in [2.75, 3.05) is 12.0 Å². The van der Waals surface area contributed by atoms with Crippen molar-refractivity contribution in [2.24, 2.45) is 29.6 Å². The number of aromatic amines is 1. The van der Waals surface area contributed by atoms with Crippen molar-refractivity contribution in [1.82, 2.24) is 4.98 Å². The molecule has 4 aromatic rings. The number of nitrogens with one attached hydrogen (secondary N) is 1. The summed E-state index contributed by atoms with van der Waals surface area (Å²) in [6, 6.07) is 19.6. The molecule has 0 spiro atoms. The average Bonchev–Trinajstić information content (AvgIpc) is 3.79. The van der Waals surface area contributed by atoms with Crippen LogP contribution in [0.2, 0.25) is 0 Å². The van der Waals surface area contributed by atoms with Crippen LogP contribution >= 0.6 is 23.1 Å². The molecule has 7 atom stereocenters. The zero-order chi connectivity index (χ0) is 31.9. The first-order valence-electron chi connectivity index (χ1n) is 15.1. The average molecular weight is 656 g/mol. The van der Waals surface area contributed by atoms with Gasteiger partial charge in [0.2, 0.25) is 11.8 Å². The highest BCUT2D eigenvalue weighted by Gasteiger charge is 2.69. The van der Waals surface area contributed by atoms with Crippen LogP contribution in [0, 0.1) is 46.6 Å². The number of thiazole rings is 1. The molecule has 3 aromatic carbocycles. The minimum Gasteiger partial charge on any atom is -0.493 e. The normalized spacial score (nSPS) is 27.3. The number of H-pyrrole nitrogens is 1. The highest BCUT2D eigenvalue weighted by atomic mass is 32.2. The van der Waals surface area contributed by atoms with Gasteiger partial charge in [-0.2, -0.15) is 0 Å². The summed E-state index contributed by atoms with van der Waals surface area (Å²) in [6.07, 6.45) is 0.758. The molecule has 3 heterocycles. The number of aryl methyl sites for hydroxylation is 1. The van der Waals surface area contributed by atoms with E-state index in [1.807, 2.05) is 49.4 Å². The second-order valence-corrected chi connectivity index (χ2v) is 14.6. The van der Waals surface area contributed by atoms with Gasteiger partial charge >= 0.3 is 4.87 Å². The maximum absolute atomic E-state index is 14.0. The molecule has 234 valence electrons. The summed E-state index contributed by atoms with van der Waals surface area (Å²) in [6.45, 7) is 2.43. The molecular weight excluding hydrogens is 627 g/mol. The van der Waals surface area contributed by atoms with Gasteiger partial charge in [0, 0.05) is 28.2 Å². The molecule has 12 heteroatoms. The van der Waals surface area contributed by atoms with Gasteiger partial charge in [-0.25, -0.2) is 0 Å². The summed E-state index contributed by atoms with van der Waals surface area (Å²) in [5.41, 5.74) is 3.45. The topological polar surface area (TPSA) is 132 Å². The summed E-state index contributed by atoms with van der Waals surface area (Å²) in [5, 5.41) is 12.0. The molecule has 1 N–H and O–H groups in total. The van der Waals surface area contributed by atoms with Gasteiger partial charge in [-0.15, -0.1) is 11.8 Å². The number of methoxy groups -OCH3 is 1. The van der Waals surface area contributed by atoms with Gasteiger partial charge in [-0.1, -0.05) is 47.2 Å². The number of rotatable bonds is 7. The van der Waals surface area contributed by atoms with Crippen LogP contribution in [-0.2, 0) is 16.2 Å². The summed E-state index contributed by atoms with van der Waals surface area (Å²) in [5.74, 6) is -0.480. The van der Waals surface area contributed by atoms with E-state index in [4.69, 9.17) is 9.47 Å². The van der Waals surface area contributed by atoms with Crippen molar-refractivity contribution in [3.63, 3.8) is 0 Å². The molecule has 1 saturated heterocycles. The van der Waals surface area contributed by atoms with Gasteiger partial charge in [0.1, 0.15) is 6.61 Å². The number of fused-ring (bicyclic) bond motifs is 9. The Morgan fingerprint density at radius 3 is 2.37 bits per heavy atom. The van der Waals surface area contributed by atoms with Crippen LogP contribution in [0.15, 0.2) is 76.6 Å². The lowest BCUT2D eigenvalue weighted by Crippen LogP contribution is -2.42. The van der Waals surface area contributed by atoms with Crippen LogP contribution < -0.4 is 19.2 Å². The Kier molecular flexibility index (Phi) is 6.84. The lowest BCUT2D eigenvalue weighted by atomic mass is 9.68. The van der Waals surface area contributed by atoms with Gasteiger partial charge in [-0.05, 0) is 66.5 Å². The number of ether oxygens (including phenoxy) is 2. The summed E-state index contributed by atoms with van der Waals surface area (Å²) in [7, 11) is 1.61. The number of hydrogen-bond donors (Lipinski definition) is 1. The highest BCUT2D eigenvalue weighted by molar-refractivity contribution is 8.00. The van der Waals surface area contributed by atoms with E-state index in [1.54, 1.807) is 18.9 Å². The first-order chi connectivity index (χ1) is 22.2. The molecule has 46 heavy (non-hydrogen) atoms. The number of non-ortho nitro benzene ring substituents is 1. The largest absolute Gasteiger partial charge is 0.493 e. The monoisotopic (exact) mass is 655 g/mol. The second kappa shape index (κ2) is 10.8. The van der Waals surface area contributed by atoms with Crippen LogP contribution in [-0.4, -0.2) is 34.1 Å². The van der Waals surface area contributed by atoms with E-state index in [0.717, 1.165) is 27.5 Å². The van der Waals surface area contributed by atoms with E-state index >= 15 is 0 Å². The fourth-order valence-electron chi connectivity index (χ4n) is 8.21. The standard InChI is InChI=1S/C34H29N3O7S2/c1-16-3-5-17(6-4-16)15-44-23-12-7-18(13-24(23)43-2)25-26-21-14-22(29(26)45-31-30(25)46-34(40)35-31)28-27(21)32(38)36(33(28)39)19-8-10-20(11-9-19)37(41)42/h3-13,21-22,25-29H,14-15H2,1-2H3,(H,35,40)/t21-,22-,25?,26?,27?,28?,29?/m1/s1. The molecule has 2 aliphatic heterocycles. The number of carbonyl (C=O) groups excluding carboxylic acids is 2. The summed E-state index contributed by atoms with van der Waals surface area (Å²) < 4.78 is 11.9. The van der Waals surface area contributed by atoms with E-state index in [9.17, 15) is 24.5 Å². The number of imide groups is 1. The molecule has 2 aliphatic carbocycles. The van der Waals surface area contributed by atoms with E-state index in [1.165, 1.54) is 46.1 Å². The third kappa shape index (κ3) is 4.41. The highest BCUT2D eigenvalue weighted by Crippen LogP contribution is 2.68. The quantitative estimate of drug-likeness (QED) is 0.148. The Bertz CT molecular complexity index is 1950. The van der Waals surface area contributed by atoms with E-state index in [-0.39, 0.29) is 51.3 Å². The van der Waals surface area contributed by atoms with Crippen LogP contribution in [0.3, 0.4) is 0 Å². The lowest BCUT2D eigenvalue weighted by molar-refractivity contribution is -0.384.